The van der Waals surface area contributed by atoms with Gasteiger partial charge in [0, 0.05) is 19.5 Å². The molecule has 21 heavy (non-hydrogen) atoms. The van der Waals surface area contributed by atoms with Crippen LogP contribution in [0.15, 0.2) is 18.3 Å². The number of nitrogens with zero attached hydrogens (tertiary/aromatic N) is 2. The molecule has 0 amide bonds. The standard InChI is InChI=1S/C16H22N2O3/c1-3-15(19)14-6-5-13(11-17-14)18-9-7-12(8-10-18)16(20)21-4-2/h5-6,11-12H,3-4,7-10H2,1-2H3. The predicted octanol–water partition coefficient (Wildman–Crippen LogP) is 2.45. The maximum atomic E-state index is 11.7. The quantitative estimate of drug-likeness (QED) is 0.616. The van der Waals surface area contributed by atoms with Crippen LogP contribution in [0.3, 0.4) is 0 Å². The average molecular weight is 290 g/mol. The van der Waals surface area contributed by atoms with Gasteiger partial charge < -0.3 is 9.64 Å². The van der Waals surface area contributed by atoms with Crippen molar-refractivity contribution in [1.29, 1.82) is 0 Å². The monoisotopic (exact) mass is 290 g/mol. The minimum Gasteiger partial charge on any atom is -0.466 e. The number of carbonyl (C=O) groups is 2. The lowest BCUT2D eigenvalue weighted by molar-refractivity contribution is -0.148. The number of hydrogen-bond acceptors (Lipinski definition) is 5. The number of hydrogen-bond donors (Lipinski definition) is 0. The van der Waals surface area contributed by atoms with Crippen LogP contribution in [0.25, 0.3) is 0 Å². The third-order valence-corrected chi connectivity index (χ3v) is 3.83. The molecule has 0 radical (unpaired) electrons. The largest absolute Gasteiger partial charge is 0.466 e. The molecule has 0 saturated carbocycles. The van der Waals surface area contributed by atoms with Gasteiger partial charge in [-0.1, -0.05) is 6.92 Å². The molecule has 0 N–H and O–H groups in total. The van der Waals surface area contributed by atoms with Crippen LogP contribution >= 0.6 is 0 Å². The number of Topliss-reactive ketones (excluding diaryl/α,β-unsaturated/α-hetero) is 1. The van der Waals surface area contributed by atoms with Crippen LogP contribution in [-0.4, -0.2) is 36.4 Å². The third kappa shape index (κ3) is 3.80. The van der Waals surface area contributed by atoms with E-state index in [4.69, 9.17) is 4.74 Å². The van der Waals surface area contributed by atoms with Gasteiger partial charge in [-0.3, -0.25) is 14.6 Å². The first-order chi connectivity index (χ1) is 10.2. The Kier molecular flexibility index (Phi) is 5.31. The summed E-state index contributed by atoms with van der Waals surface area (Å²) < 4.78 is 5.07. The average Bonchev–Trinajstić information content (AvgIpc) is 2.54. The van der Waals surface area contributed by atoms with Gasteiger partial charge in [-0.05, 0) is 31.9 Å². The number of esters is 1. The summed E-state index contributed by atoms with van der Waals surface area (Å²) in [5.74, 6) is -0.0168. The van der Waals surface area contributed by atoms with Gasteiger partial charge in [0.1, 0.15) is 5.69 Å². The highest BCUT2D eigenvalue weighted by molar-refractivity contribution is 5.94. The van der Waals surface area contributed by atoms with Gasteiger partial charge in [-0.25, -0.2) is 0 Å². The number of piperidine rings is 1. The van der Waals surface area contributed by atoms with Crippen molar-refractivity contribution in [2.24, 2.45) is 5.92 Å². The smallest absolute Gasteiger partial charge is 0.309 e. The zero-order valence-electron chi connectivity index (χ0n) is 12.7. The second-order valence-electron chi connectivity index (χ2n) is 5.19. The third-order valence-electron chi connectivity index (χ3n) is 3.83. The number of rotatable bonds is 5. The second-order valence-corrected chi connectivity index (χ2v) is 5.19. The van der Waals surface area contributed by atoms with Gasteiger partial charge >= 0.3 is 5.97 Å². The summed E-state index contributed by atoms with van der Waals surface area (Å²) in [5.41, 5.74) is 1.52. The van der Waals surface area contributed by atoms with Gasteiger partial charge in [-0.15, -0.1) is 0 Å². The van der Waals surface area contributed by atoms with Crippen molar-refractivity contribution >= 4 is 17.4 Å². The van der Waals surface area contributed by atoms with Crippen molar-refractivity contribution in [2.75, 3.05) is 24.6 Å². The Morgan fingerprint density at radius 1 is 1.29 bits per heavy atom. The van der Waals surface area contributed by atoms with Crippen molar-refractivity contribution in [2.45, 2.75) is 33.1 Å². The Morgan fingerprint density at radius 2 is 2.00 bits per heavy atom. The lowest BCUT2D eigenvalue weighted by Crippen LogP contribution is -2.37. The number of aromatic nitrogens is 1. The zero-order chi connectivity index (χ0) is 15.2. The molecule has 2 rings (SSSR count). The molecule has 0 bridgehead atoms. The van der Waals surface area contributed by atoms with Crippen LogP contribution in [0, 0.1) is 5.92 Å². The zero-order valence-corrected chi connectivity index (χ0v) is 12.7. The summed E-state index contributed by atoms with van der Waals surface area (Å²) in [6, 6.07) is 3.71. The fraction of sp³-hybridized carbons (Fsp3) is 0.562. The normalized spacial score (nSPS) is 15.8. The fourth-order valence-corrected chi connectivity index (χ4v) is 2.55. The summed E-state index contributed by atoms with van der Waals surface area (Å²) in [6.07, 6.45) is 3.81. The maximum Gasteiger partial charge on any atom is 0.309 e. The first-order valence-electron chi connectivity index (χ1n) is 7.56. The Bertz CT molecular complexity index is 491. The summed E-state index contributed by atoms with van der Waals surface area (Å²) in [7, 11) is 0. The number of ketones is 1. The highest BCUT2D eigenvalue weighted by atomic mass is 16.5. The van der Waals surface area contributed by atoms with E-state index in [0.29, 0.717) is 18.7 Å². The van der Waals surface area contributed by atoms with Crippen LogP contribution in [0.5, 0.6) is 0 Å². The Morgan fingerprint density at radius 3 is 2.52 bits per heavy atom. The molecular weight excluding hydrogens is 268 g/mol. The van der Waals surface area contributed by atoms with Gasteiger partial charge in [0.05, 0.1) is 24.4 Å². The molecule has 0 aromatic carbocycles. The van der Waals surface area contributed by atoms with Crippen molar-refractivity contribution < 1.29 is 14.3 Å². The van der Waals surface area contributed by atoms with E-state index in [0.717, 1.165) is 31.6 Å². The first-order valence-corrected chi connectivity index (χ1v) is 7.56. The van der Waals surface area contributed by atoms with E-state index < -0.39 is 0 Å². The molecule has 0 spiro atoms. The van der Waals surface area contributed by atoms with Gasteiger partial charge in [0.25, 0.3) is 0 Å². The molecule has 114 valence electrons. The van der Waals surface area contributed by atoms with Crippen molar-refractivity contribution in [3.8, 4) is 0 Å². The summed E-state index contributed by atoms with van der Waals surface area (Å²) in [5, 5.41) is 0. The number of anilines is 1. The topological polar surface area (TPSA) is 59.5 Å². The van der Waals surface area contributed by atoms with E-state index in [9.17, 15) is 9.59 Å². The van der Waals surface area contributed by atoms with Crippen LogP contribution < -0.4 is 4.90 Å². The minimum atomic E-state index is -0.0841. The molecule has 5 heteroatoms. The highest BCUT2D eigenvalue weighted by Crippen LogP contribution is 2.23. The molecule has 1 fully saturated rings. The Balaban J connectivity index is 1.93. The van der Waals surface area contributed by atoms with Crippen LogP contribution in [0.2, 0.25) is 0 Å². The van der Waals surface area contributed by atoms with Crippen LogP contribution in [0.1, 0.15) is 43.6 Å². The fourth-order valence-electron chi connectivity index (χ4n) is 2.55. The molecule has 1 aliphatic heterocycles. The molecule has 0 unspecified atom stereocenters. The minimum absolute atomic E-state index is 0.00935. The summed E-state index contributed by atoms with van der Waals surface area (Å²) in [6.45, 7) is 5.73. The molecule has 2 heterocycles. The highest BCUT2D eigenvalue weighted by Gasteiger charge is 2.26. The van der Waals surface area contributed by atoms with E-state index in [1.54, 1.807) is 12.3 Å². The van der Waals surface area contributed by atoms with Crippen molar-refractivity contribution in [1.82, 2.24) is 4.98 Å². The predicted molar refractivity (Wildman–Crippen MR) is 80.4 cm³/mol. The second kappa shape index (κ2) is 7.20. The Hall–Kier alpha value is -1.91. The van der Waals surface area contributed by atoms with Gasteiger partial charge in [0.15, 0.2) is 5.78 Å². The van der Waals surface area contributed by atoms with E-state index in [2.05, 4.69) is 9.88 Å². The van der Waals surface area contributed by atoms with Crippen molar-refractivity contribution in [3.05, 3.63) is 24.0 Å². The molecule has 5 nitrogen and oxygen atoms in total. The van der Waals surface area contributed by atoms with E-state index in [1.165, 1.54) is 0 Å². The Labute approximate surface area is 125 Å². The lowest BCUT2D eigenvalue weighted by Gasteiger charge is -2.32. The molecule has 1 saturated heterocycles. The van der Waals surface area contributed by atoms with E-state index in [1.807, 2.05) is 19.9 Å². The lowest BCUT2D eigenvalue weighted by atomic mass is 9.97. The molecule has 1 aromatic rings. The molecule has 1 aromatic heterocycles. The molecular formula is C16H22N2O3. The molecule has 0 aliphatic carbocycles. The van der Waals surface area contributed by atoms with E-state index >= 15 is 0 Å². The summed E-state index contributed by atoms with van der Waals surface area (Å²) >= 11 is 0. The van der Waals surface area contributed by atoms with Gasteiger partial charge in [-0.2, -0.15) is 0 Å². The number of carbonyl (C=O) groups excluding carboxylic acids is 2. The number of pyridine rings is 1. The molecule has 0 atom stereocenters. The van der Waals surface area contributed by atoms with Crippen molar-refractivity contribution in [3.63, 3.8) is 0 Å². The van der Waals surface area contributed by atoms with Crippen LogP contribution in [-0.2, 0) is 9.53 Å². The maximum absolute atomic E-state index is 11.7. The summed E-state index contributed by atoms with van der Waals surface area (Å²) in [4.78, 5) is 29.7. The van der Waals surface area contributed by atoms with Gasteiger partial charge in [0.2, 0.25) is 0 Å². The molecule has 1 aliphatic rings. The SMILES string of the molecule is CCOC(=O)C1CCN(c2ccc(C(=O)CC)nc2)CC1. The van der Waals surface area contributed by atoms with E-state index in [-0.39, 0.29) is 17.7 Å². The van der Waals surface area contributed by atoms with Crippen LogP contribution in [0.4, 0.5) is 5.69 Å². The first kappa shape index (κ1) is 15.5. The number of ether oxygens (including phenoxy) is 1.